The van der Waals surface area contributed by atoms with Crippen molar-refractivity contribution in [2.24, 2.45) is 0 Å². The fourth-order valence-electron chi connectivity index (χ4n) is 11.3. The van der Waals surface area contributed by atoms with Crippen LogP contribution < -0.4 is 21.3 Å². The van der Waals surface area contributed by atoms with Gasteiger partial charge in [-0.2, -0.15) is 0 Å². The third-order valence-electron chi connectivity index (χ3n) is 14.6. The molecule has 306 valence electrons. The van der Waals surface area contributed by atoms with Gasteiger partial charge in [-0.3, -0.25) is 0 Å². The van der Waals surface area contributed by atoms with Crippen LogP contribution in [0.15, 0.2) is 121 Å². The van der Waals surface area contributed by atoms with Gasteiger partial charge in [0.15, 0.2) is 0 Å². The summed E-state index contributed by atoms with van der Waals surface area (Å²) in [5.41, 5.74) is 21.1. The molecule has 0 atom stereocenters. The van der Waals surface area contributed by atoms with Crippen LogP contribution in [0.3, 0.4) is 0 Å². The lowest BCUT2D eigenvalue weighted by molar-refractivity contribution is 0.590. The van der Waals surface area contributed by atoms with Crippen molar-refractivity contribution in [1.82, 2.24) is 8.97 Å². The van der Waals surface area contributed by atoms with Crippen LogP contribution in [0.25, 0.3) is 65.6 Å². The van der Waals surface area contributed by atoms with Crippen LogP contribution in [-0.4, -0.2) is 15.7 Å². The fourth-order valence-corrected chi connectivity index (χ4v) is 11.3. The molecule has 0 unspecified atom stereocenters. The summed E-state index contributed by atoms with van der Waals surface area (Å²) in [7, 11) is 0. The Morgan fingerprint density at radius 1 is 0.403 bits per heavy atom. The van der Waals surface area contributed by atoms with Crippen molar-refractivity contribution in [1.29, 1.82) is 0 Å². The van der Waals surface area contributed by atoms with Gasteiger partial charge in [-0.1, -0.05) is 144 Å². The van der Waals surface area contributed by atoms with Crippen LogP contribution in [0.5, 0.6) is 0 Å². The molecule has 10 aromatic rings. The Bertz CT molecular complexity index is 3550. The Morgan fingerprint density at radius 2 is 0.903 bits per heavy atom. The molecular weight excluding hydrogens is 749 g/mol. The maximum absolute atomic E-state index is 2.72. The highest BCUT2D eigenvalue weighted by Gasteiger charge is 2.46. The van der Waals surface area contributed by atoms with Crippen LogP contribution in [0.1, 0.15) is 105 Å². The highest BCUT2D eigenvalue weighted by atomic mass is 15.2. The first kappa shape index (κ1) is 37.7. The van der Waals surface area contributed by atoms with Crippen molar-refractivity contribution in [2.45, 2.75) is 105 Å². The maximum Gasteiger partial charge on any atom is 0.252 e. The van der Waals surface area contributed by atoms with E-state index in [1.165, 1.54) is 121 Å². The van der Waals surface area contributed by atoms with Crippen LogP contribution in [0.4, 0.5) is 17.1 Å². The van der Waals surface area contributed by atoms with E-state index in [2.05, 4.69) is 218 Å². The number of hydrogen-bond donors (Lipinski definition) is 0. The Morgan fingerprint density at radius 3 is 1.48 bits per heavy atom. The van der Waals surface area contributed by atoms with Gasteiger partial charge in [0.25, 0.3) is 6.71 Å². The molecule has 0 amide bonds. The summed E-state index contributed by atoms with van der Waals surface area (Å²) in [6.07, 6.45) is 0. The molecule has 0 fully saturated rings. The normalized spacial score (nSPS) is 14.4. The van der Waals surface area contributed by atoms with E-state index >= 15 is 0 Å². The number of benzene rings is 7. The van der Waals surface area contributed by atoms with E-state index in [1.807, 2.05) is 0 Å². The van der Waals surface area contributed by atoms with Crippen molar-refractivity contribution in [2.75, 3.05) is 4.90 Å². The van der Waals surface area contributed by atoms with Crippen LogP contribution in [0, 0.1) is 0 Å². The smallest absolute Gasteiger partial charge is 0.252 e. The van der Waals surface area contributed by atoms with Gasteiger partial charge in [-0.25, -0.2) is 0 Å². The number of hydrogen-bond acceptors (Lipinski definition) is 1. The first-order valence-electron chi connectivity index (χ1n) is 22.7. The van der Waals surface area contributed by atoms with Crippen LogP contribution in [0.2, 0.25) is 0 Å². The summed E-state index contributed by atoms with van der Waals surface area (Å²) in [5.74, 6) is 0. The van der Waals surface area contributed by atoms with Crippen molar-refractivity contribution >= 4 is 100 Å². The average molecular weight is 806 g/mol. The minimum atomic E-state index is -0.0504. The zero-order valence-corrected chi connectivity index (χ0v) is 38.5. The molecule has 2 aliphatic rings. The molecule has 4 heteroatoms. The first-order valence-corrected chi connectivity index (χ1v) is 22.7. The number of rotatable bonds is 1. The molecule has 0 radical (unpaired) electrons. The molecule has 0 spiro atoms. The van der Waals surface area contributed by atoms with Gasteiger partial charge < -0.3 is 13.9 Å². The summed E-state index contributed by atoms with van der Waals surface area (Å²) < 4.78 is 5.35. The van der Waals surface area contributed by atoms with Gasteiger partial charge >= 0.3 is 0 Å². The molecule has 0 saturated carbocycles. The van der Waals surface area contributed by atoms with Gasteiger partial charge in [0.2, 0.25) is 0 Å². The van der Waals surface area contributed by atoms with Crippen molar-refractivity contribution < 1.29 is 0 Å². The predicted molar refractivity (Wildman–Crippen MR) is 270 cm³/mol. The molecule has 12 rings (SSSR count). The average Bonchev–Trinajstić information content (AvgIpc) is 3.86. The first-order chi connectivity index (χ1) is 29.3. The van der Waals surface area contributed by atoms with Crippen LogP contribution in [-0.2, 0) is 21.7 Å². The number of nitrogens with zero attached hydrogens (tertiary/aromatic N) is 3. The summed E-state index contributed by atoms with van der Waals surface area (Å²) >= 11 is 0. The zero-order valence-electron chi connectivity index (χ0n) is 38.5. The largest absolute Gasteiger partial charge is 0.311 e. The Hall–Kier alpha value is -6.00. The zero-order chi connectivity index (χ0) is 43.2. The third kappa shape index (κ3) is 4.90. The predicted octanol–water partition coefficient (Wildman–Crippen LogP) is 13.7. The van der Waals surface area contributed by atoms with Crippen molar-refractivity contribution in [3.63, 3.8) is 0 Å². The summed E-state index contributed by atoms with van der Waals surface area (Å²) in [6.45, 7) is 28.3. The topological polar surface area (TPSA) is 12.6 Å². The molecule has 5 heterocycles. The van der Waals surface area contributed by atoms with E-state index in [0.717, 1.165) is 0 Å². The maximum atomic E-state index is 2.72. The Kier molecular flexibility index (Phi) is 7.26. The molecule has 0 aliphatic carbocycles. The minimum Gasteiger partial charge on any atom is -0.311 e. The molecule has 0 N–H and O–H groups in total. The summed E-state index contributed by atoms with van der Waals surface area (Å²) in [4.78, 5) is 2.63. The van der Waals surface area contributed by atoms with E-state index in [9.17, 15) is 0 Å². The molecule has 3 aromatic heterocycles. The van der Waals surface area contributed by atoms with E-state index in [1.54, 1.807) is 0 Å². The second-order valence-corrected chi connectivity index (χ2v) is 22.7. The molecule has 2 aliphatic heterocycles. The second-order valence-electron chi connectivity index (χ2n) is 22.7. The summed E-state index contributed by atoms with van der Waals surface area (Å²) in [5, 5.41) is 8.04. The monoisotopic (exact) mass is 805 g/mol. The van der Waals surface area contributed by atoms with Crippen LogP contribution >= 0.6 is 0 Å². The number of para-hydroxylation sites is 2. The lowest BCUT2D eigenvalue weighted by atomic mass is 9.33. The van der Waals surface area contributed by atoms with E-state index in [-0.39, 0.29) is 28.4 Å². The molecule has 0 bridgehead atoms. The number of anilines is 3. The second kappa shape index (κ2) is 11.9. The third-order valence-corrected chi connectivity index (χ3v) is 14.6. The molecule has 62 heavy (non-hydrogen) atoms. The standard InChI is InChI=1S/C58H56BN3/c1-55(2,3)33-22-25-44-38(28-33)39-31-36(58(10,11)12)32-43-51(39)62(44)54-49-41-30-35(57(7,8)9)24-27-46(41)61-45-26-23-34(56(4,5)6)29-40(45)48(52(49)61)53-50(54)59(43)42-20-16-17-21-47(42)60(53)37-18-14-13-15-19-37/h13-32H,1-12H3. The van der Waals surface area contributed by atoms with Gasteiger partial charge in [0, 0.05) is 49.2 Å². The highest BCUT2D eigenvalue weighted by molar-refractivity contribution is 7.01. The number of aromatic nitrogens is 2. The molecule has 3 nitrogen and oxygen atoms in total. The Balaban J connectivity index is 1.42. The van der Waals surface area contributed by atoms with E-state index in [4.69, 9.17) is 0 Å². The number of fused-ring (bicyclic) bond motifs is 15. The van der Waals surface area contributed by atoms with E-state index < -0.39 is 0 Å². The Labute approximate surface area is 366 Å². The molecular formula is C58H56BN3. The molecule has 0 saturated heterocycles. The quantitative estimate of drug-likeness (QED) is 0.151. The fraction of sp³-hybridized carbons (Fsp3) is 0.276. The lowest BCUT2D eigenvalue weighted by Crippen LogP contribution is -2.60. The van der Waals surface area contributed by atoms with Crippen molar-refractivity contribution in [3.8, 4) is 5.69 Å². The minimum absolute atomic E-state index is 0.00823. The van der Waals surface area contributed by atoms with Gasteiger partial charge in [0.1, 0.15) is 0 Å². The van der Waals surface area contributed by atoms with Gasteiger partial charge in [-0.15, -0.1) is 0 Å². The lowest BCUT2D eigenvalue weighted by Gasteiger charge is -2.41. The SMILES string of the molecule is CC(C)(C)c1ccc2c(c1)c1cc(C(C)(C)C)cc3c1n2-c1c2c(c4c5cc(C(C)(C)C)ccc5n5c6ccc(C(C)(C)C)cc6c1c45)N(c1ccccc1)c1ccccc1B23. The highest BCUT2D eigenvalue weighted by Crippen LogP contribution is 2.53. The molecule has 7 aromatic carbocycles. The van der Waals surface area contributed by atoms with Gasteiger partial charge in [-0.05, 0) is 121 Å². The van der Waals surface area contributed by atoms with Gasteiger partial charge in [0.05, 0.1) is 33.4 Å². The summed E-state index contributed by atoms with van der Waals surface area (Å²) in [6, 6.07) is 47.6. The van der Waals surface area contributed by atoms with Crippen molar-refractivity contribution in [3.05, 3.63) is 144 Å². The van der Waals surface area contributed by atoms with E-state index in [0.29, 0.717) is 0 Å².